The average Bonchev–Trinajstić information content (AvgIpc) is 2.78. The van der Waals surface area contributed by atoms with Gasteiger partial charge in [-0.1, -0.05) is 38.9 Å². The van der Waals surface area contributed by atoms with Gasteiger partial charge in [0, 0.05) is 18.2 Å². The molecule has 96 valence electrons. The van der Waals surface area contributed by atoms with Crippen LogP contribution in [0.1, 0.15) is 45.7 Å². The maximum absolute atomic E-state index is 5.42. The number of nitrogens with zero attached hydrogens (tertiary/aromatic N) is 2. The van der Waals surface area contributed by atoms with Gasteiger partial charge >= 0.3 is 0 Å². The Balaban J connectivity index is 2.31. The second kappa shape index (κ2) is 4.92. The molecule has 0 saturated carbocycles. The highest BCUT2D eigenvalue weighted by Gasteiger charge is 2.27. The molecule has 2 heterocycles. The van der Waals surface area contributed by atoms with Crippen molar-refractivity contribution in [3.8, 4) is 11.5 Å². The minimum atomic E-state index is 0.188. The van der Waals surface area contributed by atoms with E-state index in [1.165, 1.54) is 0 Å². The van der Waals surface area contributed by atoms with E-state index in [9.17, 15) is 0 Å². The Bertz CT molecular complexity index is 497. The highest BCUT2D eigenvalue weighted by molar-refractivity contribution is 5.51. The topological polar surface area (TPSA) is 38.9 Å². The first kappa shape index (κ1) is 12.8. The van der Waals surface area contributed by atoms with Gasteiger partial charge in [0.05, 0.1) is 5.69 Å². The molecule has 0 radical (unpaired) electrons. The smallest absolute Gasteiger partial charge is 0.185 e. The lowest BCUT2D eigenvalue weighted by Crippen LogP contribution is -2.17. The van der Waals surface area contributed by atoms with Crippen LogP contribution >= 0.6 is 0 Å². The van der Waals surface area contributed by atoms with Gasteiger partial charge in [0.15, 0.2) is 5.76 Å². The molecule has 2 aromatic rings. The van der Waals surface area contributed by atoms with Crippen molar-refractivity contribution in [2.24, 2.45) is 5.41 Å². The van der Waals surface area contributed by atoms with E-state index in [1.807, 2.05) is 24.3 Å². The largest absolute Gasteiger partial charge is 0.354 e. The summed E-state index contributed by atoms with van der Waals surface area (Å²) in [5, 5.41) is 4.22. The molecule has 18 heavy (non-hydrogen) atoms. The van der Waals surface area contributed by atoms with Gasteiger partial charge in [-0.25, -0.2) is 0 Å². The predicted molar refractivity (Wildman–Crippen MR) is 72.2 cm³/mol. The summed E-state index contributed by atoms with van der Waals surface area (Å²) in [6.07, 6.45) is 2.82. The predicted octanol–water partition coefficient (Wildman–Crippen LogP) is 4.28. The Kier molecular flexibility index (Phi) is 3.50. The van der Waals surface area contributed by atoms with Gasteiger partial charge in [-0.2, -0.15) is 0 Å². The second-order valence-corrected chi connectivity index (χ2v) is 5.66. The summed E-state index contributed by atoms with van der Waals surface area (Å²) < 4.78 is 5.42. The molecule has 0 N–H and O–H groups in total. The molecule has 0 aromatic carbocycles. The van der Waals surface area contributed by atoms with Gasteiger partial charge in [0.25, 0.3) is 0 Å². The number of hydrogen-bond donors (Lipinski definition) is 0. The van der Waals surface area contributed by atoms with Crippen LogP contribution in [0.2, 0.25) is 0 Å². The lowest BCUT2D eigenvalue weighted by Gasteiger charge is -2.27. The first-order valence-corrected chi connectivity index (χ1v) is 6.40. The van der Waals surface area contributed by atoms with Gasteiger partial charge in [-0.05, 0) is 24.0 Å². The van der Waals surface area contributed by atoms with Crippen molar-refractivity contribution in [2.45, 2.75) is 40.0 Å². The van der Waals surface area contributed by atoms with Crippen LogP contribution in [0.3, 0.4) is 0 Å². The van der Waals surface area contributed by atoms with Crippen LogP contribution in [0.25, 0.3) is 11.5 Å². The fourth-order valence-corrected chi connectivity index (χ4v) is 2.35. The third-order valence-electron chi connectivity index (χ3n) is 3.26. The zero-order valence-electron chi connectivity index (χ0n) is 11.5. The quantitative estimate of drug-likeness (QED) is 0.809. The van der Waals surface area contributed by atoms with Crippen LogP contribution in [0.15, 0.2) is 35.0 Å². The molecular weight excluding hydrogens is 224 g/mol. The normalized spacial score (nSPS) is 13.6. The highest BCUT2D eigenvalue weighted by Crippen LogP contribution is 2.37. The summed E-state index contributed by atoms with van der Waals surface area (Å²) in [5.74, 6) is 1.15. The molecule has 2 aromatic heterocycles. The van der Waals surface area contributed by atoms with E-state index >= 15 is 0 Å². The maximum atomic E-state index is 5.42. The van der Waals surface area contributed by atoms with E-state index in [0.717, 1.165) is 23.6 Å². The molecular formula is C15H20N2O. The Morgan fingerprint density at radius 2 is 2.06 bits per heavy atom. The summed E-state index contributed by atoms with van der Waals surface area (Å²) in [6, 6.07) is 7.79. The number of pyridine rings is 1. The van der Waals surface area contributed by atoms with Crippen LogP contribution in [0, 0.1) is 5.41 Å². The summed E-state index contributed by atoms with van der Waals surface area (Å²) in [5.41, 5.74) is 2.04. The fraction of sp³-hybridized carbons (Fsp3) is 0.467. The second-order valence-electron chi connectivity index (χ2n) is 5.66. The minimum Gasteiger partial charge on any atom is -0.354 e. The molecule has 3 nitrogen and oxygen atoms in total. The van der Waals surface area contributed by atoms with Gasteiger partial charge in [-0.3, -0.25) is 4.98 Å². The van der Waals surface area contributed by atoms with Crippen molar-refractivity contribution in [3.05, 3.63) is 36.2 Å². The molecule has 0 aliphatic heterocycles. The van der Waals surface area contributed by atoms with Crippen LogP contribution < -0.4 is 0 Å². The third-order valence-corrected chi connectivity index (χ3v) is 3.26. The maximum Gasteiger partial charge on any atom is 0.185 e. The SMILES string of the molecule is CC[C@H](c1cc(-c2ccccn2)on1)C(C)(C)C. The average molecular weight is 244 g/mol. The fourth-order valence-electron chi connectivity index (χ4n) is 2.35. The summed E-state index contributed by atoms with van der Waals surface area (Å²) >= 11 is 0. The molecule has 0 spiro atoms. The first-order valence-electron chi connectivity index (χ1n) is 6.40. The molecule has 0 aliphatic carbocycles. The van der Waals surface area contributed by atoms with E-state index in [-0.39, 0.29) is 5.41 Å². The van der Waals surface area contributed by atoms with Crippen LogP contribution in [0.5, 0.6) is 0 Å². The van der Waals surface area contributed by atoms with Crippen molar-refractivity contribution in [1.82, 2.24) is 10.1 Å². The van der Waals surface area contributed by atoms with E-state index in [4.69, 9.17) is 4.52 Å². The summed E-state index contributed by atoms with van der Waals surface area (Å²) in [7, 11) is 0. The molecule has 0 unspecified atom stereocenters. The Morgan fingerprint density at radius 3 is 2.61 bits per heavy atom. The van der Waals surface area contributed by atoms with Crippen LogP contribution in [-0.2, 0) is 0 Å². The summed E-state index contributed by atoms with van der Waals surface area (Å²) in [4.78, 5) is 4.28. The molecule has 0 bridgehead atoms. The van der Waals surface area contributed by atoms with Gasteiger partial charge in [0.2, 0.25) is 0 Å². The van der Waals surface area contributed by atoms with Crippen molar-refractivity contribution < 1.29 is 4.52 Å². The zero-order chi connectivity index (χ0) is 13.2. The molecule has 2 rings (SSSR count). The van der Waals surface area contributed by atoms with Gasteiger partial charge in [0.1, 0.15) is 5.69 Å². The van der Waals surface area contributed by atoms with E-state index in [0.29, 0.717) is 5.92 Å². The van der Waals surface area contributed by atoms with Crippen molar-refractivity contribution in [1.29, 1.82) is 0 Å². The molecule has 0 fully saturated rings. The van der Waals surface area contributed by atoms with Gasteiger partial charge < -0.3 is 4.52 Å². The van der Waals surface area contributed by atoms with Crippen molar-refractivity contribution in [2.75, 3.05) is 0 Å². The lowest BCUT2D eigenvalue weighted by molar-refractivity contribution is 0.294. The highest BCUT2D eigenvalue weighted by atomic mass is 16.5. The van der Waals surface area contributed by atoms with E-state index < -0.39 is 0 Å². The standard InChI is InChI=1S/C15H20N2O/c1-5-11(15(2,3)4)13-10-14(18-17-13)12-8-6-7-9-16-12/h6-11H,5H2,1-4H3/t11-/m1/s1. The molecule has 3 heteroatoms. The molecule has 1 atom stereocenters. The monoisotopic (exact) mass is 244 g/mol. The van der Waals surface area contributed by atoms with Crippen molar-refractivity contribution >= 4 is 0 Å². The van der Waals surface area contributed by atoms with E-state index in [2.05, 4.69) is 37.8 Å². The number of aromatic nitrogens is 2. The molecule has 0 saturated heterocycles. The Hall–Kier alpha value is -1.64. The number of rotatable bonds is 3. The van der Waals surface area contributed by atoms with Crippen LogP contribution in [0.4, 0.5) is 0 Å². The zero-order valence-corrected chi connectivity index (χ0v) is 11.5. The van der Waals surface area contributed by atoms with Crippen molar-refractivity contribution in [3.63, 3.8) is 0 Å². The van der Waals surface area contributed by atoms with Crippen LogP contribution in [-0.4, -0.2) is 10.1 Å². The Labute approximate surface area is 108 Å². The number of hydrogen-bond acceptors (Lipinski definition) is 3. The third kappa shape index (κ3) is 2.61. The van der Waals surface area contributed by atoms with E-state index in [1.54, 1.807) is 6.20 Å². The Morgan fingerprint density at radius 1 is 1.28 bits per heavy atom. The minimum absolute atomic E-state index is 0.188. The summed E-state index contributed by atoms with van der Waals surface area (Å²) in [6.45, 7) is 8.88. The molecule has 0 amide bonds. The molecule has 0 aliphatic rings. The first-order chi connectivity index (χ1) is 8.52. The lowest BCUT2D eigenvalue weighted by atomic mass is 9.77. The van der Waals surface area contributed by atoms with Gasteiger partial charge in [-0.15, -0.1) is 0 Å².